The number of unbranched alkanes of at least 4 members (excludes halogenated alkanes) is 9. The number of nitrogens with one attached hydrogen (secondary N) is 1. The molecule has 0 aromatic heterocycles. The lowest BCUT2D eigenvalue weighted by atomic mass is 10.1. The van der Waals surface area contributed by atoms with E-state index in [0.717, 1.165) is 43.6 Å². The van der Waals surface area contributed by atoms with Crippen LogP contribution in [-0.2, 0) is 4.79 Å². The number of carboxylic acid groups (broad SMARTS) is 1. The lowest BCUT2D eigenvalue weighted by Gasteiger charge is -2.13. The Balaban J connectivity index is 3.10. The van der Waals surface area contributed by atoms with Crippen LogP contribution in [0.4, 0.5) is 0 Å². The molecule has 0 bridgehead atoms. The first-order valence-electron chi connectivity index (χ1n) is 7.56. The highest BCUT2D eigenvalue weighted by molar-refractivity contribution is 5.73. The second-order valence-corrected chi connectivity index (χ2v) is 5.19. The summed E-state index contributed by atoms with van der Waals surface area (Å²) in [5.41, 5.74) is 5.11. The second kappa shape index (κ2) is 12.7. The molecule has 0 aliphatic rings. The number of carbonyl (C=O) groups is 1. The molecule has 118 valence electrons. The van der Waals surface area contributed by atoms with Gasteiger partial charge in [-0.1, -0.05) is 51.4 Å². The fraction of sp³-hybridized carbons (Fsp3) is 0.857. The number of hydroxylamine groups is 2. The van der Waals surface area contributed by atoms with Crippen LogP contribution in [-0.4, -0.2) is 33.9 Å². The fourth-order valence-corrected chi connectivity index (χ4v) is 2.07. The van der Waals surface area contributed by atoms with Crippen molar-refractivity contribution in [2.24, 2.45) is 5.73 Å². The van der Waals surface area contributed by atoms with Crippen molar-refractivity contribution in [3.63, 3.8) is 0 Å². The molecule has 0 rings (SSSR count). The van der Waals surface area contributed by atoms with Crippen LogP contribution < -0.4 is 5.73 Å². The van der Waals surface area contributed by atoms with Crippen LogP contribution in [0.15, 0.2) is 0 Å². The first-order chi connectivity index (χ1) is 9.54. The number of rotatable bonds is 13. The van der Waals surface area contributed by atoms with E-state index in [1.807, 2.05) is 0 Å². The summed E-state index contributed by atoms with van der Waals surface area (Å²) in [4.78, 5) is 10.3. The monoisotopic (exact) mass is 287 g/mol. The van der Waals surface area contributed by atoms with Gasteiger partial charge in [0.1, 0.15) is 0 Å². The largest absolute Gasteiger partial charge is 0.481 e. The number of aliphatic carboxylic acids is 1. The van der Waals surface area contributed by atoms with Crippen LogP contribution in [0.1, 0.15) is 70.6 Å². The molecule has 0 fully saturated rings. The van der Waals surface area contributed by atoms with Gasteiger partial charge in [-0.25, -0.2) is 5.06 Å². The van der Waals surface area contributed by atoms with Crippen LogP contribution >= 0.6 is 0 Å². The maximum Gasteiger partial charge on any atom is 0.303 e. The van der Waals surface area contributed by atoms with E-state index in [1.165, 1.54) is 25.7 Å². The summed E-state index contributed by atoms with van der Waals surface area (Å²) in [5.74, 6) is -0.996. The molecule has 0 radical (unpaired) electrons. The smallest absolute Gasteiger partial charge is 0.303 e. The molecule has 0 spiro atoms. The van der Waals surface area contributed by atoms with Gasteiger partial charge in [-0.3, -0.25) is 15.4 Å². The second-order valence-electron chi connectivity index (χ2n) is 5.19. The van der Waals surface area contributed by atoms with Crippen molar-refractivity contribution < 1.29 is 15.1 Å². The molecule has 0 heterocycles. The van der Waals surface area contributed by atoms with Gasteiger partial charge in [0.25, 0.3) is 0 Å². The van der Waals surface area contributed by atoms with Crippen molar-refractivity contribution in [3.05, 3.63) is 0 Å². The molecule has 0 saturated heterocycles. The van der Waals surface area contributed by atoms with Gasteiger partial charge in [0, 0.05) is 13.0 Å². The quantitative estimate of drug-likeness (QED) is 0.180. The minimum atomic E-state index is -0.698. The van der Waals surface area contributed by atoms with Crippen molar-refractivity contribution in [3.8, 4) is 0 Å². The predicted molar refractivity (Wildman–Crippen MR) is 78.8 cm³/mol. The van der Waals surface area contributed by atoms with Gasteiger partial charge >= 0.3 is 5.97 Å². The van der Waals surface area contributed by atoms with Crippen molar-refractivity contribution in [2.45, 2.75) is 70.6 Å². The molecular formula is C14H29N3O3. The molecule has 0 aliphatic heterocycles. The van der Waals surface area contributed by atoms with Gasteiger partial charge in [-0.05, 0) is 12.8 Å². The van der Waals surface area contributed by atoms with E-state index in [2.05, 4.69) is 0 Å². The highest BCUT2D eigenvalue weighted by atomic mass is 16.5. The first kappa shape index (κ1) is 18.7. The van der Waals surface area contributed by atoms with E-state index in [9.17, 15) is 4.79 Å². The minimum Gasteiger partial charge on any atom is -0.481 e. The summed E-state index contributed by atoms with van der Waals surface area (Å²) >= 11 is 0. The highest BCUT2D eigenvalue weighted by Gasteiger charge is 2.00. The highest BCUT2D eigenvalue weighted by Crippen LogP contribution is 2.11. The molecule has 0 saturated carbocycles. The van der Waals surface area contributed by atoms with Crippen molar-refractivity contribution in [1.82, 2.24) is 5.06 Å². The standard InChI is InChI=1S/C14H29N3O3/c15-14(16)17(20)12-10-8-6-4-2-1-3-5-7-9-11-13(18)19/h20H,1-12H2,(H3,15,16)(H,18,19). The Morgan fingerprint density at radius 2 is 1.30 bits per heavy atom. The van der Waals surface area contributed by atoms with E-state index in [0.29, 0.717) is 13.0 Å². The Morgan fingerprint density at radius 3 is 1.70 bits per heavy atom. The zero-order chi connectivity index (χ0) is 15.2. The normalized spacial score (nSPS) is 10.4. The van der Waals surface area contributed by atoms with Gasteiger partial charge in [-0.2, -0.15) is 0 Å². The maximum absolute atomic E-state index is 10.3. The van der Waals surface area contributed by atoms with Crippen LogP contribution in [0.2, 0.25) is 0 Å². The average molecular weight is 287 g/mol. The summed E-state index contributed by atoms with van der Waals surface area (Å²) in [6.07, 6.45) is 11.1. The topological polar surface area (TPSA) is 111 Å². The van der Waals surface area contributed by atoms with Gasteiger partial charge in [0.15, 0.2) is 0 Å². The molecule has 6 heteroatoms. The lowest BCUT2D eigenvalue weighted by Crippen LogP contribution is -2.34. The van der Waals surface area contributed by atoms with Gasteiger partial charge < -0.3 is 10.8 Å². The number of nitrogens with two attached hydrogens (primary N) is 1. The van der Waals surface area contributed by atoms with Crippen LogP contribution in [0.3, 0.4) is 0 Å². The molecule has 0 aliphatic carbocycles. The molecule has 0 unspecified atom stereocenters. The number of nitrogens with zero attached hydrogens (tertiary/aromatic N) is 1. The Labute approximate surface area is 121 Å². The zero-order valence-electron chi connectivity index (χ0n) is 12.3. The average Bonchev–Trinajstić information content (AvgIpc) is 2.39. The molecule has 20 heavy (non-hydrogen) atoms. The molecule has 0 aromatic carbocycles. The summed E-state index contributed by atoms with van der Waals surface area (Å²) in [5, 5.41) is 25.4. The Kier molecular flexibility index (Phi) is 11.9. The van der Waals surface area contributed by atoms with Crippen molar-refractivity contribution in [1.29, 1.82) is 5.41 Å². The third kappa shape index (κ3) is 13.1. The molecular weight excluding hydrogens is 258 g/mol. The minimum absolute atomic E-state index is 0.294. The third-order valence-corrected chi connectivity index (χ3v) is 3.29. The predicted octanol–water partition coefficient (Wildman–Crippen LogP) is 2.95. The van der Waals surface area contributed by atoms with Crippen molar-refractivity contribution in [2.75, 3.05) is 6.54 Å². The number of carboxylic acids is 1. The SMILES string of the molecule is N=C(N)N(O)CCCCCCCCCCCCC(=O)O. The van der Waals surface area contributed by atoms with E-state index in [-0.39, 0.29) is 5.96 Å². The van der Waals surface area contributed by atoms with E-state index < -0.39 is 5.97 Å². The lowest BCUT2D eigenvalue weighted by molar-refractivity contribution is -0.137. The summed E-state index contributed by atoms with van der Waals surface area (Å²) in [6, 6.07) is 0. The van der Waals surface area contributed by atoms with Gasteiger partial charge in [0.2, 0.25) is 5.96 Å². The van der Waals surface area contributed by atoms with E-state index in [1.54, 1.807) is 0 Å². The van der Waals surface area contributed by atoms with Gasteiger partial charge in [-0.15, -0.1) is 0 Å². The van der Waals surface area contributed by atoms with E-state index in [4.69, 9.17) is 21.5 Å². The number of hydrogen-bond acceptors (Lipinski definition) is 3. The van der Waals surface area contributed by atoms with Crippen LogP contribution in [0.25, 0.3) is 0 Å². The van der Waals surface area contributed by atoms with E-state index >= 15 is 0 Å². The fourth-order valence-electron chi connectivity index (χ4n) is 2.07. The molecule has 0 amide bonds. The zero-order valence-corrected chi connectivity index (χ0v) is 12.3. The number of hydrogen-bond donors (Lipinski definition) is 4. The maximum atomic E-state index is 10.3. The first-order valence-corrected chi connectivity index (χ1v) is 7.56. The summed E-state index contributed by atoms with van der Waals surface area (Å²) < 4.78 is 0. The van der Waals surface area contributed by atoms with Crippen molar-refractivity contribution >= 4 is 11.9 Å². The Hall–Kier alpha value is -1.30. The third-order valence-electron chi connectivity index (χ3n) is 3.29. The molecule has 0 aromatic rings. The molecule has 0 atom stereocenters. The van der Waals surface area contributed by atoms with Gasteiger partial charge in [0.05, 0.1) is 0 Å². The number of guanidine groups is 1. The Bertz CT molecular complexity index is 272. The molecule has 6 nitrogen and oxygen atoms in total. The van der Waals surface area contributed by atoms with Crippen LogP contribution in [0, 0.1) is 5.41 Å². The molecule has 5 N–H and O–H groups in total. The summed E-state index contributed by atoms with van der Waals surface area (Å²) in [6.45, 7) is 0.429. The Morgan fingerprint density at radius 1 is 0.900 bits per heavy atom. The van der Waals surface area contributed by atoms with Crippen LogP contribution in [0.5, 0.6) is 0 Å². The summed E-state index contributed by atoms with van der Waals surface area (Å²) in [7, 11) is 0.